The third-order valence-corrected chi connectivity index (χ3v) is 4.97. The number of hydrogen-bond acceptors (Lipinski definition) is 4. The Bertz CT molecular complexity index is 852. The van der Waals surface area contributed by atoms with E-state index in [0.29, 0.717) is 9.99 Å². The summed E-state index contributed by atoms with van der Waals surface area (Å²) >= 11 is 5.01. The molecule has 2 aromatic carbocycles. The van der Waals surface area contributed by atoms with Gasteiger partial charge in [-0.05, 0) is 81.2 Å². The van der Waals surface area contributed by atoms with Crippen molar-refractivity contribution in [3.05, 3.63) is 55.6 Å². The summed E-state index contributed by atoms with van der Waals surface area (Å²) in [4.78, 5) is 17.5. The van der Waals surface area contributed by atoms with Crippen LogP contribution in [0, 0.1) is 21.1 Å². The van der Waals surface area contributed by atoms with Crippen LogP contribution >= 0.6 is 38.5 Å². The van der Waals surface area contributed by atoms with Crippen molar-refractivity contribution in [1.82, 2.24) is 5.48 Å². The molecule has 3 N–H and O–H groups in total. The highest BCUT2D eigenvalue weighted by molar-refractivity contribution is 14.1. The lowest BCUT2D eigenvalue weighted by Gasteiger charge is -2.16. The zero-order chi connectivity index (χ0) is 20.8. The lowest BCUT2D eigenvalue weighted by molar-refractivity contribution is -0.0181. The fraction of sp³-hybridized carbons (Fsp3) is 0.316. The molecule has 28 heavy (non-hydrogen) atoms. The first-order valence-electron chi connectivity index (χ1n) is 8.48. The highest BCUT2D eigenvalue weighted by Crippen LogP contribution is 2.29. The quantitative estimate of drug-likeness (QED) is 0.304. The highest BCUT2D eigenvalue weighted by Gasteiger charge is 2.17. The van der Waals surface area contributed by atoms with Gasteiger partial charge in [-0.2, -0.15) is 0 Å². The van der Waals surface area contributed by atoms with Crippen molar-refractivity contribution in [3.8, 4) is 0 Å². The maximum absolute atomic E-state index is 14.1. The monoisotopic (exact) mass is 568 g/mol. The molecule has 0 aliphatic rings. The van der Waals surface area contributed by atoms with Gasteiger partial charge < -0.3 is 10.4 Å². The van der Waals surface area contributed by atoms with Gasteiger partial charge in [0.25, 0.3) is 5.91 Å². The molecule has 0 saturated heterocycles. The molecule has 2 rings (SSSR count). The fourth-order valence-electron chi connectivity index (χ4n) is 2.44. The number of aliphatic hydroxyl groups is 1. The third kappa shape index (κ3) is 6.64. The number of benzene rings is 2. The molecule has 0 saturated carbocycles. The molecule has 0 fully saturated rings. The first-order chi connectivity index (χ1) is 13.2. The van der Waals surface area contributed by atoms with E-state index in [0.717, 1.165) is 6.07 Å². The molecule has 0 aromatic heterocycles. The van der Waals surface area contributed by atoms with Gasteiger partial charge in [0.05, 0.1) is 27.5 Å². The molecule has 1 atom stereocenters. The molecule has 152 valence electrons. The molecule has 0 spiro atoms. The summed E-state index contributed by atoms with van der Waals surface area (Å²) in [7, 11) is 0. The van der Waals surface area contributed by atoms with Gasteiger partial charge in [0.1, 0.15) is 18.2 Å². The van der Waals surface area contributed by atoms with Crippen LogP contribution in [0.3, 0.4) is 0 Å². The third-order valence-electron chi connectivity index (χ3n) is 3.69. The molecule has 9 heteroatoms. The Morgan fingerprint density at radius 2 is 1.93 bits per heavy atom. The number of carbonyl (C=O) groups excluding carboxylic acids is 1. The number of aliphatic hydroxyl groups excluding tert-OH is 1. The van der Waals surface area contributed by atoms with Gasteiger partial charge in [0, 0.05) is 3.57 Å². The van der Waals surface area contributed by atoms with E-state index in [2.05, 4.69) is 26.7 Å². The predicted octanol–water partition coefficient (Wildman–Crippen LogP) is 5.14. The topological polar surface area (TPSA) is 70.6 Å². The SMILES string of the molecule is CC(C)CC(O)CONC(=O)c1cc(Br)c(F)cc1Nc1ccc(I)cc1F. The summed E-state index contributed by atoms with van der Waals surface area (Å²) < 4.78 is 28.9. The summed E-state index contributed by atoms with van der Waals surface area (Å²) in [5.41, 5.74) is 2.44. The molecule has 5 nitrogen and oxygen atoms in total. The van der Waals surface area contributed by atoms with Crippen LogP contribution in [0.1, 0.15) is 30.6 Å². The molecule has 0 radical (unpaired) electrons. The minimum atomic E-state index is -0.723. The van der Waals surface area contributed by atoms with Crippen molar-refractivity contribution < 1.29 is 23.5 Å². The van der Waals surface area contributed by atoms with Crippen molar-refractivity contribution in [3.63, 3.8) is 0 Å². The molecule has 2 aromatic rings. The standard InChI is InChI=1S/C19H20BrF2IN2O3/c1-10(2)5-12(26)9-28-25-19(27)13-7-14(20)15(21)8-18(13)24-17-4-3-11(23)6-16(17)22/h3-4,6-8,10,12,24,26H,5,9H2,1-2H3,(H,25,27). The van der Waals surface area contributed by atoms with E-state index in [4.69, 9.17) is 4.84 Å². The zero-order valence-corrected chi connectivity index (χ0v) is 19.0. The van der Waals surface area contributed by atoms with Crippen molar-refractivity contribution in [2.24, 2.45) is 5.92 Å². The first-order valence-corrected chi connectivity index (χ1v) is 10.4. The van der Waals surface area contributed by atoms with Gasteiger partial charge in [-0.1, -0.05) is 13.8 Å². The van der Waals surface area contributed by atoms with Gasteiger partial charge >= 0.3 is 0 Å². The van der Waals surface area contributed by atoms with Crippen molar-refractivity contribution in [2.45, 2.75) is 26.4 Å². The Morgan fingerprint density at radius 3 is 2.57 bits per heavy atom. The number of rotatable bonds is 8. The molecular weight excluding hydrogens is 549 g/mol. The molecule has 1 unspecified atom stereocenters. The van der Waals surface area contributed by atoms with Crippen LogP contribution < -0.4 is 10.8 Å². The summed E-state index contributed by atoms with van der Waals surface area (Å²) in [6.45, 7) is 3.83. The lowest BCUT2D eigenvalue weighted by Crippen LogP contribution is -2.29. The summed E-state index contributed by atoms with van der Waals surface area (Å²) in [5.74, 6) is -1.53. The summed E-state index contributed by atoms with van der Waals surface area (Å²) in [6.07, 6.45) is -0.199. The summed E-state index contributed by atoms with van der Waals surface area (Å²) in [5, 5.41) is 12.5. The number of halogens is 4. The van der Waals surface area contributed by atoms with Gasteiger partial charge in [-0.15, -0.1) is 0 Å². The number of carbonyl (C=O) groups is 1. The second-order valence-electron chi connectivity index (χ2n) is 6.59. The minimum absolute atomic E-state index is 0.0459. The number of anilines is 2. The highest BCUT2D eigenvalue weighted by atomic mass is 127. The Hall–Kier alpha value is -1.30. The van der Waals surface area contributed by atoms with Crippen molar-refractivity contribution in [1.29, 1.82) is 0 Å². The number of hydroxylamine groups is 1. The van der Waals surface area contributed by atoms with E-state index >= 15 is 0 Å². The second-order valence-corrected chi connectivity index (χ2v) is 8.69. The average molecular weight is 569 g/mol. The maximum atomic E-state index is 14.1. The van der Waals surface area contributed by atoms with E-state index < -0.39 is 23.6 Å². The Balaban J connectivity index is 2.16. The Morgan fingerprint density at radius 1 is 1.21 bits per heavy atom. The largest absolute Gasteiger partial charge is 0.391 e. The lowest BCUT2D eigenvalue weighted by atomic mass is 10.1. The predicted molar refractivity (Wildman–Crippen MR) is 115 cm³/mol. The van der Waals surface area contributed by atoms with E-state index in [1.54, 1.807) is 6.07 Å². The van der Waals surface area contributed by atoms with Crippen LogP contribution in [0.2, 0.25) is 0 Å². The van der Waals surface area contributed by atoms with E-state index in [1.165, 1.54) is 18.2 Å². The molecule has 1 amide bonds. The summed E-state index contributed by atoms with van der Waals surface area (Å²) in [6, 6.07) is 6.85. The van der Waals surface area contributed by atoms with Crippen LogP contribution in [0.25, 0.3) is 0 Å². The fourth-order valence-corrected chi connectivity index (χ4v) is 3.24. The van der Waals surface area contributed by atoms with Crippen molar-refractivity contribution >= 4 is 55.8 Å². The van der Waals surface area contributed by atoms with Crippen LogP contribution in [-0.2, 0) is 4.84 Å². The second kappa shape index (κ2) is 10.5. The van der Waals surface area contributed by atoms with Gasteiger partial charge in [0.2, 0.25) is 0 Å². The maximum Gasteiger partial charge on any atom is 0.276 e. The smallest absolute Gasteiger partial charge is 0.276 e. The van der Waals surface area contributed by atoms with E-state index in [1.807, 2.05) is 36.4 Å². The van der Waals surface area contributed by atoms with Crippen molar-refractivity contribution in [2.75, 3.05) is 11.9 Å². The molecular formula is C19H20BrF2IN2O3. The molecule has 0 bridgehead atoms. The van der Waals surface area contributed by atoms with Gasteiger partial charge in [-0.3, -0.25) is 9.63 Å². The normalized spacial score (nSPS) is 12.1. The molecule has 0 heterocycles. The number of nitrogens with one attached hydrogen (secondary N) is 2. The Kier molecular flexibility index (Phi) is 8.59. The van der Waals surface area contributed by atoms with Crippen LogP contribution in [0.15, 0.2) is 34.8 Å². The minimum Gasteiger partial charge on any atom is -0.391 e. The van der Waals surface area contributed by atoms with Crippen LogP contribution in [0.4, 0.5) is 20.2 Å². The number of hydrogen-bond donors (Lipinski definition) is 3. The zero-order valence-electron chi connectivity index (χ0n) is 15.2. The van der Waals surface area contributed by atoms with Gasteiger partial charge in [-0.25, -0.2) is 14.3 Å². The van der Waals surface area contributed by atoms with Gasteiger partial charge in [0.15, 0.2) is 0 Å². The van der Waals surface area contributed by atoms with Crippen LogP contribution in [-0.4, -0.2) is 23.7 Å². The first kappa shape index (κ1) is 23.0. The number of amides is 1. The molecule has 0 aliphatic carbocycles. The van der Waals surface area contributed by atoms with E-state index in [-0.39, 0.29) is 33.9 Å². The van der Waals surface area contributed by atoms with E-state index in [9.17, 15) is 18.7 Å². The van der Waals surface area contributed by atoms with Crippen LogP contribution in [0.5, 0.6) is 0 Å². The average Bonchev–Trinajstić information content (AvgIpc) is 2.59. The molecule has 0 aliphatic heterocycles. The Labute approximate surface area is 184 Å².